The molecule has 1 N–H and O–H groups in total. The molecule has 0 saturated heterocycles. The molecule has 124 valence electrons. The van der Waals surface area contributed by atoms with Crippen LogP contribution in [0.15, 0.2) is 36.9 Å². The fraction of sp³-hybridized carbons (Fsp3) is 0.200. The van der Waals surface area contributed by atoms with Crippen LogP contribution in [0.1, 0.15) is 16.2 Å². The van der Waals surface area contributed by atoms with E-state index in [-0.39, 0.29) is 16.6 Å². The van der Waals surface area contributed by atoms with Crippen molar-refractivity contribution in [2.75, 3.05) is 6.54 Å². The number of aromatic nitrogens is 5. The molecule has 2 heterocycles. The van der Waals surface area contributed by atoms with Crippen molar-refractivity contribution >= 4 is 17.5 Å². The first-order valence-corrected chi connectivity index (χ1v) is 7.55. The van der Waals surface area contributed by atoms with E-state index in [4.69, 9.17) is 11.6 Å². The minimum atomic E-state index is -0.518. The first kappa shape index (κ1) is 16.1. The van der Waals surface area contributed by atoms with E-state index in [0.717, 1.165) is 0 Å². The lowest BCUT2D eigenvalue weighted by Gasteiger charge is -2.06. The van der Waals surface area contributed by atoms with Crippen LogP contribution in [0.2, 0.25) is 5.02 Å². The molecule has 3 aromatic rings. The number of nitrogens with one attached hydrogen (secondary N) is 1. The molecule has 0 unspecified atom stereocenters. The van der Waals surface area contributed by atoms with Gasteiger partial charge in [0, 0.05) is 25.5 Å². The van der Waals surface area contributed by atoms with Crippen LogP contribution < -0.4 is 5.32 Å². The molecule has 3 rings (SSSR count). The Kier molecular flexibility index (Phi) is 4.57. The molecule has 2 aromatic heterocycles. The molecule has 24 heavy (non-hydrogen) atoms. The summed E-state index contributed by atoms with van der Waals surface area (Å²) in [7, 11) is 0. The summed E-state index contributed by atoms with van der Waals surface area (Å²) in [5.74, 6) is -0.845. The van der Waals surface area contributed by atoms with Crippen LogP contribution in [-0.2, 0) is 6.54 Å². The number of halogens is 2. The van der Waals surface area contributed by atoms with Gasteiger partial charge in [0.25, 0.3) is 5.91 Å². The minimum Gasteiger partial charge on any atom is -0.349 e. The zero-order valence-electron chi connectivity index (χ0n) is 12.8. The molecule has 0 aliphatic rings. The summed E-state index contributed by atoms with van der Waals surface area (Å²) in [4.78, 5) is 16.2. The van der Waals surface area contributed by atoms with Gasteiger partial charge in [-0.05, 0) is 25.1 Å². The topological polar surface area (TPSA) is 77.6 Å². The number of carbonyl (C=O) groups is 1. The molecular formula is C15H14ClFN6O. The van der Waals surface area contributed by atoms with Crippen LogP contribution in [0, 0.1) is 12.7 Å². The first-order chi connectivity index (χ1) is 11.6. The van der Waals surface area contributed by atoms with Crippen LogP contribution in [0.25, 0.3) is 5.69 Å². The van der Waals surface area contributed by atoms with Gasteiger partial charge in [0.1, 0.15) is 5.82 Å². The van der Waals surface area contributed by atoms with E-state index in [1.165, 1.54) is 22.9 Å². The van der Waals surface area contributed by atoms with Gasteiger partial charge in [-0.15, -0.1) is 5.10 Å². The number of hydrogen-bond acceptors (Lipinski definition) is 4. The van der Waals surface area contributed by atoms with Crippen molar-refractivity contribution < 1.29 is 9.18 Å². The molecular weight excluding hydrogens is 335 g/mol. The molecule has 0 aliphatic carbocycles. The molecule has 0 saturated carbocycles. The Balaban J connectivity index is 1.71. The van der Waals surface area contributed by atoms with Crippen LogP contribution in [0.3, 0.4) is 0 Å². The third-order valence-electron chi connectivity index (χ3n) is 3.47. The van der Waals surface area contributed by atoms with Crippen molar-refractivity contribution in [3.05, 3.63) is 59.1 Å². The molecule has 0 aliphatic heterocycles. The Morgan fingerprint density at radius 2 is 2.25 bits per heavy atom. The number of carbonyl (C=O) groups excluding carboxylic acids is 1. The van der Waals surface area contributed by atoms with E-state index >= 15 is 0 Å². The van der Waals surface area contributed by atoms with Gasteiger partial charge in [-0.25, -0.2) is 14.1 Å². The largest absolute Gasteiger partial charge is 0.349 e. The summed E-state index contributed by atoms with van der Waals surface area (Å²) in [6, 6.07) is 4.19. The van der Waals surface area contributed by atoms with Crippen LogP contribution in [0.5, 0.6) is 0 Å². The second-order valence-corrected chi connectivity index (χ2v) is 5.50. The van der Waals surface area contributed by atoms with Gasteiger partial charge in [0.05, 0.1) is 22.7 Å². The number of nitrogens with zero attached hydrogens (tertiary/aromatic N) is 5. The Morgan fingerprint density at radius 1 is 1.42 bits per heavy atom. The van der Waals surface area contributed by atoms with Crippen LogP contribution in [-0.4, -0.2) is 37.0 Å². The van der Waals surface area contributed by atoms with Crippen molar-refractivity contribution in [2.45, 2.75) is 13.5 Å². The standard InChI is InChI=1S/C15H14ClFN6O/c1-10-14(15(24)19-5-7-22-6-4-18-9-22)20-21-23(10)11-2-3-13(17)12(16)8-11/h2-4,6,8-9H,5,7H2,1H3,(H,19,24). The third-order valence-corrected chi connectivity index (χ3v) is 3.76. The lowest BCUT2D eigenvalue weighted by atomic mass is 10.2. The van der Waals surface area contributed by atoms with E-state index in [1.807, 2.05) is 10.8 Å². The second kappa shape index (κ2) is 6.79. The quantitative estimate of drug-likeness (QED) is 0.765. The van der Waals surface area contributed by atoms with Gasteiger partial charge >= 0.3 is 0 Å². The molecule has 0 spiro atoms. The predicted molar refractivity (Wildman–Crippen MR) is 85.6 cm³/mol. The van der Waals surface area contributed by atoms with E-state index in [1.54, 1.807) is 19.4 Å². The Morgan fingerprint density at radius 3 is 2.96 bits per heavy atom. The lowest BCUT2D eigenvalue weighted by molar-refractivity contribution is 0.0946. The average molecular weight is 349 g/mol. The summed E-state index contributed by atoms with van der Waals surface area (Å²) in [6.45, 7) is 2.75. The maximum Gasteiger partial charge on any atom is 0.273 e. The van der Waals surface area contributed by atoms with Gasteiger partial charge in [-0.2, -0.15) is 0 Å². The minimum absolute atomic E-state index is 0.0197. The van der Waals surface area contributed by atoms with E-state index in [2.05, 4.69) is 20.6 Å². The molecule has 1 aromatic carbocycles. The summed E-state index contributed by atoms with van der Waals surface area (Å²) in [5, 5.41) is 10.6. The van der Waals surface area contributed by atoms with Crippen molar-refractivity contribution in [3.63, 3.8) is 0 Å². The van der Waals surface area contributed by atoms with Gasteiger partial charge in [0.2, 0.25) is 0 Å². The molecule has 1 amide bonds. The van der Waals surface area contributed by atoms with Gasteiger partial charge < -0.3 is 9.88 Å². The molecule has 0 radical (unpaired) electrons. The summed E-state index contributed by atoms with van der Waals surface area (Å²) >= 11 is 5.78. The van der Waals surface area contributed by atoms with Gasteiger partial charge in [0.15, 0.2) is 5.69 Å². The van der Waals surface area contributed by atoms with Crippen LogP contribution in [0.4, 0.5) is 4.39 Å². The highest BCUT2D eigenvalue weighted by molar-refractivity contribution is 6.30. The molecule has 0 bridgehead atoms. The number of rotatable bonds is 5. The normalized spacial score (nSPS) is 10.8. The monoisotopic (exact) mass is 348 g/mol. The maximum absolute atomic E-state index is 13.3. The highest BCUT2D eigenvalue weighted by Crippen LogP contribution is 2.20. The molecule has 0 atom stereocenters. The number of benzene rings is 1. The lowest BCUT2D eigenvalue weighted by Crippen LogP contribution is -2.28. The van der Waals surface area contributed by atoms with Gasteiger partial charge in [-0.1, -0.05) is 16.8 Å². The van der Waals surface area contributed by atoms with E-state index in [9.17, 15) is 9.18 Å². The average Bonchev–Trinajstić information content (AvgIpc) is 3.20. The second-order valence-electron chi connectivity index (χ2n) is 5.09. The summed E-state index contributed by atoms with van der Waals surface area (Å²) in [5.41, 5.74) is 1.28. The number of hydrogen-bond donors (Lipinski definition) is 1. The molecule has 9 heteroatoms. The SMILES string of the molecule is Cc1c(C(=O)NCCn2ccnc2)nnn1-c1ccc(F)c(Cl)c1. The highest BCUT2D eigenvalue weighted by Gasteiger charge is 2.17. The number of imidazole rings is 1. The highest BCUT2D eigenvalue weighted by atomic mass is 35.5. The van der Waals surface area contributed by atoms with Crippen molar-refractivity contribution in [1.29, 1.82) is 0 Å². The summed E-state index contributed by atoms with van der Waals surface area (Å²) < 4.78 is 16.5. The third kappa shape index (κ3) is 3.28. The summed E-state index contributed by atoms with van der Waals surface area (Å²) in [6.07, 6.45) is 5.16. The first-order valence-electron chi connectivity index (χ1n) is 7.18. The predicted octanol–water partition coefficient (Wildman–Crippen LogP) is 1.99. The van der Waals surface area contributed by atoms with Crippen LogP contribution >= 0.6 is 11.6 Å². The molecule has 7 nitrogen and oxygen atoms in total. The Labute approximate surface area is 142 Å². The van der Waals surface area contributed by atoms with E-state index < -0.39 is 5.82 Å². The fourth-order valence-electron chi connectivity index (χ4n) is 2.20. The zero-order chi connectivity index (χ0) is 17.1. The van der Waals surface area contributed by atoms with Gasteiger partial charge in [-0.3, -0.25) is 4.79 Å². The Bertz CT molecular complexity index is 861. The maximum atomic E-state index is 13.3. The van der Waals surface area contributed by atoms with Crippen molar-refractivity contribution in [2.24, 2.45) is 0 Å². The molecule has 0 fully saturated rings. The fourth-order valence-corrected chi connectivity index (χ4v) is 2.38. The van der Waals surface area contributed by atoms with E-state index in [0.29, 0.717) is 24.5 Å². The zero-order valence-corrected chi connectivity index (χ0v) is 13.5. The number of amides is 1. The Hall–Kier alpha value is -2.74. The van der Waals surface area contributed by atoms with Crippen molar-refractivity contribution in [1.82, 2.24) is 29.9 Å². The smallest absolute Gasteiger partial charge is 0.273 e. The van der Waals surface area contributed by atoms with Crippen molar-refractivity contribution in [3.8, 4) is 5.69 Å².